The summed E-state index contributed by atoms with van der Waals surface area (Å²) in [6.07, 6.45) is -0.841. The predicted octanol–water partition coefficient (Wildman–Crippen LogP) is 4.20. The van der Waals surface area contributed by atoms with E-state index in [4.69, 9.17) is 21.3 Å². The van der Waals surface area contributed by atoms with Gasteiger partial charge in [0.15, 0.2) is 5.75 Å². The molecule has 8 heteroatoms. The maximum absolute atomic E-state index is 12.5. The topological polar surface area (TPSA) is 62.3 Å². The maximum Gasteiger partial charge on any atom is 0.468 e. The Hall–Kier alpha value is -2.93. The summed E-state index contributed by atoms with van der Waals surface area (Å²) < 4.78 is 0. The zero-order valence-corrected chi connectivity index (χ0v) is 15.5. The van der Waals surface area contributed by atoms with Gasteiger partial charge in [0.2, 0.25) is 0 Å². The number of carbonyl (C=O) groups excluding carboxylic acids is 2. The molecular weight excluding hydrogens is 358 g/mol. The van der Waals surface area contributed by atoms with Crippen LogP contribution in [0.5, 0.6) is 5.75 Å². The van der Waals surface area contributed by atoms with Crippen molar-refractivity contribution in [2.45, 2.75) is 6.92 Å². The number of urea groups is 1. The van der Waals surface area contributed by atoms with Crippen LogP contribution in [-0.4, -0.2) is 42.7 Å². The second-order valence-electron chi connectivity index (χ2n) is 5.41. The van der Waals surface area contributed by atoms with Crippen LogP contribution in [0.2, 0.25) is 5.02 Å². The lowest BCUT2D eigenvalue weighted by Gasteiger charge is -2.27. The van der Waals surface area contributed by atoms with Crippen molar-refractivity contribution in [2.75, 3.05) is 25.7 Å². The van der Waals surface area contributed by atoms with Gasteiger partial charge in [0.1, 0.15) is 0 Å². The number of benzene rings is 2. The largest absolute Gasteiger partial charge is 0.468 e. The van der Waals surface area contributed by atoms with Gasteiger partial charge in [-0.3, -0.25) is 0 Å². The highest BCUT2D eigenvalue weighted by Gasteiger charge is 2.26. The smallest absolute Gasteiger partial charge is 0.374 e. The number of hydroxylamine groups is 3. The number of hydrogen-bond acceptors (Lipinski definition) is 4. The number of para-hydroxylation sites is 1. The van der Waals surface area contributed by atoms with Crippen LogP contribution in [0.25, 0.3) is 0 Å². The number of nitrogens with zero attached hydrogens (tertiary/aromatic N) is 3. The summed E-state index contributed by atoms with van der Waals surface area (Å²) in [5.41, 5.74) is 0.415. The van der Waals surface area contributed by atoms with Crippen LogP contribution in [0.4, 0.5) is 15.3 Å². The molecule has 0 unspecified atom stereocenters. The fraction of sp³-hybridized carbons (Fsp3) is 0.222. The summed E-state index contributed by atoms with van der Waals surface area (Å²) in [6.45, 7) is 1.91. The van der Waals surface area contributed by atoms with Crippen LogP contribution in [0.15, 0.2) is 54.6 Å². The van der Waals surface area contributed by atoms with E-state index in [-0.39, 0.29) is 6.54 Å². The van der Waals surface area contributed by atoms with Gasteiger partial charge in [-0.05, 0) is 31.2 Å². The minimum Gasteiger partial charge on any atom is -0.374 e. The van der Waals surface area contributed by atoms with Crippen molar-refractivity contribution < 1.29 is 19.3 Å². The minimum absolute atomic E-state index is 0.199. The number of halogens is 1. The third kappa shape index (κ3) is 5.03. The van der Waals surface area contributed by atoms with Gasteiger partial charge in [-0.25, -0.2) is 9.59 Å². The molecule has 26 heavy (non-hydrogen) atoms. The van der Waals surface area contributed by atoms with Gasteiger partial charge >= 0.3 is 12.1 Å². The maximum atomic E-state index is 12.5. The molecule has 0 heterocycles. The van der Waals surface area contributed by atoms with E-state index in [0.717, 1.165) is 10.1 Å². The highest BCUT2D eigenvalue weighted by Crippen LogP contribution is 2.20. The molecule has 0 aromatic heterocycles. The first-order chi connectivity index (χ1) is 12.4. The molecule has 3 amide bonds. The van der Waals surface area contributed by atoms with Crippen molar-refractivity contribution in [2.24, 2.45) is 0 Å². The van der Waals surface area contributed by atoms with Gasteiger partial charge in [0.25, 0.3) is 0 Å². The van der Waals surface area contributed by atoms with Crippen LogP contribution in [0, 0.1) is 0 Å². The lowest BCUT2D eigenvalue weighted by molar-refractivity contribution is -0.0456. The first kappa shape index (κ1) is 19.4. The van der Waals surface area contributed by atoms with Gasteiger partial charge in [-0.1, -0.05) is 35.9 Å². The standard InChI is InChI=1S/C18H20ClN3O4/c1-4-21(25-16-12-8-9-14(19)13-16)18(24)26-22(17(23)20(2)3)15-10-6-5-7-11-15/h5-13H,4H2,1-3H3. The van der Waals surface area contributed by atoms with Gasteiger partial charge in [0, 0.05) is 25.2 Å². The molecule has 0 aliphatic carbocycles. The number of rotatable bonds is 4. The van der Waals surface area contributed by atoms with Gasteiger partial charge in [-0.15, -0.1) is 10.1 Å². The molecule has 0 radical (unpaired) electrons. The van der Waals surface area contributed by atoms with Gasteiger partial charge in [-0.2, -0.15) is 0 Å². The van der Waals surface area contributed by atoms with Gasteiger partial charge in [0.05, 0.1) is 12.2 Å². The minimum atomic E-state index is -0.841. The van der Waals surface area contributed by atoms with E-state index < -0.39 is 12.1 Å². The summed E-state index contributed by atoms with van der Waals surface area (Å²) in [7, 11) is 3.12. The zero-order chi connectivity index (χ0) is 19.1. The van der Waals surface area contributed by atoms with E-state index in [1.165, 1.54) is 4.90 Å². The van der Waals surface area contributed by atoms with E-state index >= 15 is 0 Å². The lowest BCUT2D eigenvalue weighted by atomic mass is 10.3. The number of hydrogen-bond donors (Lipinski definition) is 0. The number of carbonyl (C=O) groups is 2. The second-order valence-corrected chi connectivity index (χ2v) is 5.84. The zero-order valence-electron chi connectivity index (χ0n) is 14.8. The van der Waals surface area contributed by atoms with Crippen LogP contribution < -0.4 is 9.90 Å². The molecule has 0 saturated carbocycles. The fourth-order valence-corrected chi connectivity index (χ4v) is 2.13. The highest BCUT2D eigenvalue weighted by molar-refractivity contribution is 6.30. The van der Waals surface area contributed by atoms with Crippen molar-refractivity contribution >= 4 is 29.4 Å². The molecule has 0 saturated heterocycles. The number of anilines is 1. The van der Waals surface area contributed by atoms with Crippen molar-refractivity contribution in [3.8, 4) is 5.75 Å². The Morgan fingerprint density at radius 2 is 1.73 bits per heavy atom. The summed E-state index contributed by atoms with van der Waals surface area (Å²) in [6, 6.07) is 14.7. The Morgan fingerprint density at radius 1 is 1.04 bits per heavy atom. The van der Waals surface area contributed by atoms with E-state index in [2.05, 4.69) is 0 Å². The first-order valence-corrected chi connectivity index (χ1v) is 8.29. The lowest BCUT2D eigenvalue weighted by Crippen LogP contribution is -2.45. The van der Waals surface area contributed by atoms with Crippen LogP contribution in [0.1, 0.15) is 6.92 Å². The molecule has 0 N–H and O–H groups in total. The SMILES string of the molecule is CCN(Oc1cccc(Cl)c1)C(=O)ON(C(=O)N(C)C)c1ccccc1. The molecule has 0 aliphatic heterocycles. The fourth-order valence-electron chi connectivity index (χ4n) is 1.95. The van der Waals surface area contributed by atoms with Gasteiger partial charge < -0.3 is 14.6 Å². The predicted molar refractivity (Wildman–Crippen MR) is 98.9 cm³/mol. The Labute approximate surface area is 157 Å². The molecule has 0 aliphatic rings. The molecule has 0 atom stereocenters. The third-order valence-corrected chi connectivity index (χ3v) is 3.45. The summed E-state index contributed by atoms with van der Waals surface area (Å²) in [5.74, 6) is 0.376. The molecule has 7 nitrogen and oxygen atoms in total. The summed E-state index contributed by atoms with van der Waals surface area (Å²) in [4.78, 5) is 37.0. The summed E-state index contributed by atoms with van der Waals surface area (Å²) >= 11 is 5.92. The Bertz CT molecular complexity index is 755. The third-order valence-electron chi connectivity index (χ3n) is 3.22. The Balaban J connectivity index is 2.17. The monoisotopic (exact) mass is 377 g/mol. The molecular formula is C18H20ClN3O4. The molecule has 138 valence electrons. The normalized spacial score (nSPS) is 10.0. The van der Waals surface area contributed by atoms with Crippen molar-refractivity contribution in [3.63, 3.8) is 0 Å². The molecule has 0 spiro atoms. The average molecular weight is 378 g/mol. The molecule has 0 bridgehead atoms. The van der Waals surface area contributed by atoms with Crippen LogP contribution in [0.3, 0.4) is 0 Å². The Morgan fingerprint density at radius 3 is 2.31 bits per heavy atom. The number of amides is 3. The average Bonchev–Trinajstić information content (AvgIpc) is 2.64. The second kappa shape index (κ2) is 8.96. The molecule has 2 aromatic rings. The first-order valence-electron chi connectivity index (χ1n) is 7.91. The molecule has 0 fully saturated rings. The van der Waals surface area contributed by atoms with Crippen LogP contribution in [-0.2, 0) is 4.84 Å². The van der Waals surface area contributed by atoms with Crippen LogP contribution >= 0.6 is 11.6 Å². The highest BCUT2D eigenvalue weighted by atomic mass is 35.5. The quantitative estimate of drug-likeness (QED) is 0.749. The summed E-state index contributed by atoms with van der Waals surface area (Å²) in [5, 5.41) is 2.37. The molecule has 2 rings (SSSR count). The van der Waals surface area contributed by atoms with E-state index in [1.54, 1.807) is 75.6 Å². The van der Waals surface area contributed by atoms with E-state index in [1.807, 2.05) is 0 Å². The molecule has 2 aromatic carbocycles. The Kier molecular flexibility index (Phi) is 6.68. The van der Waals surface area contributed by atoms with Crippen molar-refractivity contribution in [1.29, 1.82) is 0 Å². The van der Waals surface area contributed by atoms with Crippen molar-refractivity contribution in [1.82, 2.24) is 9.96 Å². The van der Waals surface area contributed by atoms with E-state index in [0.29, 0.717) is 16.5 Å². The van der Waals surface area contributed by atoms with E-state index in [9.17, 15) is 9.59 Å². The van der Waals surface area contributed by atoms with Crippen molar-refractivity contribution in [3.05, 3.63) is 59.6 Å².